The molecule has 3 atom stereocenters. The normalized spacial score (nSPS) is 27.4. The maximum absolute atomic E-state index is 13.0. The van der Waals surface area contributed by atoms with Gasteiger partial charge >= 0.3 is 0 Å². The van der Waals surface area contributed by atoms with E-state index >= 15 is 0 Å². The Kier molecular flexibility index (Phi) is 5.72. The molecule has 1 unspecified atom stereocenters. The molecule has 3 aliphatic heterocycles. The van der Waals surface area contributed by atoms with Crippen LogP contribution in [0.1, 0.15) is 66.2 Å². The molecule has 1 N–H and O–H groups in total. The van der Waals surface area contributed by atoms with Gasteiger partial charge in [0.05, 0.1) is 0 Å². The van der Waals surface area contributed by atoms with E-state index in [4.69, 9.17) is 4.74 Å². The van der Waals surface area contributed by atoms with Gasteiger partial charge in [0.15, 0.2) is 0 Å². The van der Waals surface area contributed by atoms with Gasteiger partial charge in [-0.05, 0) is 55.5 Å². The van der Waals surface area contributed by atoms with Crippen LogP contribution in [0.25, 0.3) is 0 Å². The van der Waals surface area contributed by atoms with Gasteiger partial charge in [0, 0.05) is 56.0 Å². The molecule has 3 amide bonds. The Labute approximate surface area is 203 Å². The molecule has 2 aromatic rings. The number of amides is 3. The molecule has 4 aliphatic rings. The molecule has 1 aliphatic carbocycles. The minimum Gasteiger partial charge on any atom is -0.489 e. The quantitative estimate of drug-likeness (QED) is 0.660. The van der Waals surface area contributed by atoms with Crippen molar-refractivity contribution in [1.29, 1.82) is 0 Å². The predicted octanol–water partition coefficient (Wildman–Crippen LogP) is 2.03. The van der Waals surface area contributed by atoms with Crippen molar-refractivity contribution < 1.29 is 19.1 Å². The second kappa shape index (κ2) is 9.03. The van der Waals surface area contributed by atoms with Gasteiger partial charge in [0.25, 0.3) is 5.91 Å². The van der Waals surface area contributed by atoms with Crippen molar-refractivity contribution in [3.63, 3.8) is 0 Å². The summed E-state index contributed by atoms with van der Waals surface area (Å²) in [4.78, 5) is 49.7. The van der Waals surface area contributed by atoms with Gasteiger partial charge in [-0.1, -0.05) is 6.42 Å². The Morgan fingerprint density at radius 2 is 1.80 bits per heavy atom. The Morgan fingerprint density at radius 3 is 2.60 bits per heavy atom. The smallest absolute Gasteiger partial charge is 0.255 e. The number of imide groups is 1. The molecule has 6 rings (SSSR count). The monoisotopic (exact) mass is 475 g/mol. The van der Waals surface area contributed by atoms with E-state index in [0.717, 1.165) is 49.5 Å². The van der Waals surface area contributed by atoms with Crippen LogP contribution in [0.2, 0.25) is 0 Å². The van der Waals surface area contributed by atoms with Crippen LogP contribution in [0.15, 0.2) is 36.7 Å². The van der Waals surface area contributed by atoms with Gasteiger partial charge in [-0.3, -0.25) is 24.6 Å². The third-order valence-electron chi connectivity index (χ3n) is 7.78. The molecule has 0 spiro atoms. The third kappa shape index (κ3) is 4.18. The molecule has 0 bridgehead atoms. The third-order valence-corrected chi connectivity index (χ3v) is 7.78. The highest BCUT2D eigenvalue weighted by atomic mass is 16.5. The van der Waals surface area contributed by atoms with Crippen LogP contribution < -0.4 is 10.1 Å². The fourth-order valence-electron chi connectivity index (χ4n) is 5.90. The van der Waals surface area contributed by atoms with Gasteiger partial charge in [-0.15, -0.1) is 0 Å². The second-order valence-electron chi connectivity index (χ2n) is 9.98. The number of carbonyl (C=O) groups is 3. The van der Waals surface area contributed by atoms with E-state index < -0.39 is 11.9 Å². The van der Waals surface area contributed by atoms with E-state index in [1.807, 2.05) is 24.3 Å². The average Bonchev–Trinajstić information content (AvgIpc) is 3.15. The number of piperidine rings is 1. The van der Waals surface area contributed by atoms with Crippen LogP contribution in [0.3, 0.4) is 0 Å². The SMILES string of the molecule is O=C1CCC(N2Cc3cc(O[C@@H]4CCCC[C@@H]4N4CC(c5ncccn5)C4)ccc3C2=O)C(=O)N1. The highest BCUT2D eigenvalue weighted by Crippen LogP contribution is 2.36. The highest BCUT2D eigenvalue weighted by molar-refractivity contribution is 6.05. The number of hydrogen-bond acceptors (Lipinski definition) is 7. The Balaban J connectivity index is 1.12. The minimum absolute atomic E-state index is 0.0998. The molecule has 1 aromatic carbocycles. The van der Waals surface area contributed by atoms with Crippen molar-refractivity contribution in [3.05, 3.63) is 53.6 Å². The molecular formula is C26H29N5O4. The van der Waals surface area contributed by atoms with E-state index in [1.165, 1.54) is 6.42 Å². The van der Waals surface area contributed by atoms with Crippen LogP contribution in [0, 0.1) is 0 Å². The fraction of sp³-hybridized carbons (Fsp3) is 0.500. The summed E-state index contributed by atoms with van der Waals surface area (Å²) in [5.41, 5.74) is 1.48. The van der Waals surface area contributed by atoms with Gasteiger partial charge < -0.3 is 9.64 Å². The summed E-state index contributed by atoms with van der Waals surface area (Å²) in [5, 5.41) is 2.35. The predicted molar refractivity (Wildman–Crippen MR) is 126 cm³/mol. The topological polar surface area (TPSA) is 105 Å². The lowest BCUT2D eigenvalue weighted by Gasteiger charge is -2.47. The average molecular weight is 476 g/mol. The molecule has 4 heterocycles. The first kappa shape index (κ1) is 22.2. The van der Waals surface area contributed by atoms with Crippen LogP contribution in [-0.2, 0) is 16.1 Å². The lowest BCUT2D eigenvalue weighted by atomic mass is 9.86. The van der Waals surface area contributed by atoms with Crippen molar-refractivity contribution >= 4 is 17.7 Å². The van der Waals surface area contributed by atoms with Gasteiger partial charge in [0.1, 0.15) is 23.7 Å². The first-order valence-corrected chi connectivity index (χ1v) is 12.5. The lowest BCUT2D eigenvalue weighted by molar-refractivity contribution is -0.136. The lowest BCUT2D eigenvalue weighted by Crippen LogP contribution is -2.57. The number of ether oxygens (including phenoxy) is 1. The van der Waals surface area contributed by atoms with Crippen LogP contribution >= 0.6 is 0 Å². The second-order valence-corrected chi connectivity index (χ2v) is 9.98. The summed E-state index contributed by atoms with van der Waals surface area (Å²) in [7, 11) is 0. The van der Waals surface area contributed by atoms with Gasteiger partial charge in [-0.25, -0.2) is 9.97 Å². The summed E-state index contributed by atoms with van der Waals surface area (Å²) in [6.07, 6.45) is 8.79. The van der Waals surface area contributed by atoms with E-state index in [1.54, 1.807) is 17.3 Å². The summed E-state index contributed by atoms with van der Waals surface area (Å²) in [6.45, 7) is 2.26. The Bertz CT molecular complexity index is 1150. The largest absolute Gasteiger partial charge is 0.489 e. The Morgan fingerprint density at radius 1 is 1.00 bits per heavy atom. The summed E-state index contributed by atoms with van der Waals surface area (Å²) >= 11 is 0. The summed E-state index contributed by atoms with van der Waals surface area (Å²) in [6, 6.07) is 7.22. The van der Waals surface area contributed by atoms with Crippen LogP contribution in [0.4, 0.5) is 0 Å². The van der Waals surface area contributed by atoms with Crippen molar-refractivity contribution in [1.82, 2.24) is 25.1 Å². The molecule has 182 valence electrons. The number of carbonyl (C=O) groups excluding carboxylic acids is 3. The molecule has 9 heteroatoms. The number of benzene rings is 1. The van der Waals surface area contributed by atoms with E-state index in [0.29, 0.717) is 30.5 Å². The molecule has 35 heavy (non-hydrogen) atoms. The number of likely N-dealkylation sites (tertiary alicyclic amines) is 1. The first-order valence-electron chi connectivity index (χ1n) is 12.5. The molecular weight excluding hydrogens is 446 g/mol. The van der Waals surface area contributed by atoms with Crippen LogP contribution in [-0.4, -0.2) is 68.8 Å². The summed E-state index contributed by atoms with van der Waals surface area (Å²) < 4.78 is 6.52. The zero-order valence-corrected chi connectivity index (χ0v) is 19.6. The van der Waals surface area contributed by atoms with Crippen molar-refractivity contribution in [2.45, 2.75) is 69.2 Å². The van der Waals surface area contributed by atoms with Crippen molar-refractivity contribution in [2.75, 3.05) is 13.1 Å². The zero-order chi connectivity index (χ0) is 23.9. The van der Waals surface area contributed by atoms with E-state index in [2.05, 4.69) is 20.2 Å². The standard InChI is InChI=1S/C26H29N5O4/c32-23-9-8-21(25(33)29-23)31-15-16-12-18(6-7-19(16)26(31)34)35-22-5-2-1-4-20(22)30-13-17(14-30)24-27-10-3-11-28-24/h3,6-7,10-12,17,20-22H,1-2,4-5,8-9,13-15H2,(H,29,32,33)/t20-,21?,22+/m0/s1. The first-order chi connectivity index (χ1) is 17.1. The van der Waals surface area contributed by atoms with E-state index in [9.17, 15) is 14.4 Å². The maximum atomic E-state index is 13.0. The van der Waals surface area contributed by atoms with Gasteiger partial charge in [-0.2, -0.15) is 0 Å². The number of rotatable bonds is 5. The fourth-order valence-corrected chi connectivity index (χ4v) is 5.90. The van der Waals surface area contributed by atoms with Crippen LogP contribution in [0.5, 0.6) is 5.75 Å². The molecule has 0 radical (unpaired) electrons. The Hall–Kier alpha value is -3.33. The van der Waals surface area contributed by atoms with Gasteiger partial charge in [0.2, 0.25) is 11.8 Å². The highest BCUT2D eigenvalue weighted by Gasteiger charge is 2.41. The summed E-state index contributed by atoms with van der Waals surface area (Å²) in [5.74, 6) is 1.23. The number of fused-ring (bicyclic) bond motifs is 1. The molecule has 1 saturated carbocycles. The van der Waals surface area contributed by atoms with Crippen molar-refractivity contribution in [3.8, 4) is 5.75 Å². The molecule has 9 nitrogen and oxygen atoms in total. The number of aromatic nitrogens is 2. The maximum Gasteiger partial charge on any atom is 0.255 e. The number of nitrogens with zero attached hydrogens (tertiary/aromatic N) is 4. The number of nitrogens with one attached hydrogen (secondary N) is 1. The molecule has 1 aromatic heterocycles. The minimum atomic E-state index is -0.604. The van der Waals surface area contributed by atoms with E-state index in [-0.39, 0.29) is 24.3 Å². The zero-order valence-electron chi connectivity index (χ0n) is 19.6. The van der Waals surface area contributed by atoms with Crippen molar-refractivity contribution in [2.24, 2.45) is 0 Å². The number of hydrogen-bond donors (Lipinski definition) is 1. The molecule has 3 fully saturated rings. The molecule has 2 saturated heterocycles.